The Labute approximate surface area is 133 Å². The lowest BCUT2D eigenvalue weighted by molar-refractivity contribution is 0.627. The minimum absolute atomic E-state index is 0.183. The molecule has 0 aromatic carbocycles. The Kier molecular flexibility index (Phi) is 3.76. The highest BCUT2D eigenvalue weighted by Gasteiger charge is 2.20. The molecule has 5 heteroatoms. The first-order valence-corrected chi connectivity index (χ1v) is 8.33. The van der Waals surface area contributed by atoms with E-state index < -0.39 is 0 Å². The topological polar surface area (TPSA) is 30.7 Å². The Morgan fingerprint density at radius 2 is 2.00 bits per heavy atom. The van der Waals surface area contributed by atoms with Crippen LogP contribution in [0.15, 0.2) is 18.2 Å². The van der Waals surface area contributed by atoms with Crippen LogP contribution in [0.1, 0.15) is 39.8 Å². The van der Waals surface area contributed by atoms with Crippen LogP contribution in [-0.2, 0) is 5.88 Å². The summed E-state index contributed by atoms with van der Waals surface area (Å²) >= 11 is 7.94. The molecule has 3 rings (SSSR count). The molecule has 0 saturated carbocycles. The number of nitrogens with zero attached hydrogens (tertiary/aromatic N) is 3. The minimum Gasteiger partial charge on any atom is -0.304 e. The number of halogens is 1. The van der Waals surface area contributed by atoms with Crippen LogP contribution >= 0.6 is 22.9 Å². The maximum Gasteiger partial charge on any atom is 0.160 e. The average molecular weight is 320 g/mol. The predicted octanol–water partition coefficient (Wildman–Crippen LogP) is 4.77. The van der Waals surface area contributed by atoms with E-state index in [2.05, 4.69) is 41.4 Å². The lowest BCUT2D eigenvalue weighted by atomic mass is 10.1. The summed E-state index contributed by atoms with van der Waals surface area (Å²) in [4.78, 5) is 12.0. The third kappa shape index (κ3) is 2.47. The van der Waals surface area contributed by atoms with E-state index >= 15 is 0 Å². The van der Waals surface area contributed by atoms with Gasteiger partial charge in [0, 0.05) is 15.4 Å². The normalized spacial score (nSPS) is 13.0. The van der Waals surface area contributed by atoms with Gasteiger partial charge >= 0.3 is 0 Å². The molecule has 0 bridgehead atoms. The zero-order chi connectivity index (χ0) is 15.1. The maximum atomic E-state index is 6.11. The molecule has 110 valence electrons. The second-order valence-electron chi connectivity index (χ2n) is 5.37. The number of rotatable bonds is 3. The van der Waals surface area contributed by atoms with Gasteiger partial charge in [-0.15, -0.1) is 22.9 Å². The van der Waals surface area contributed by atoms with Gasteiger partial charge in [-0.25, -0.2) is 9.97 Å². The van der Waals surface area contributed by atoms with Crippen LogP contribution in [0.4, 0.5) is 0 Å². The number of aromatic nitrogens is 3. The van der Waals surface area contributed by atoms with Crippen molar-refractivity contribution in [2.45, 2.75) is 39.6 Å². The van der Waals surface area contributed by atoms with Crippen molar-refractivity contribution in [3.8, 4) is 0 Å². The molecule has 0 N–H and O–H groups in total. The van der Waals surface area contributed by atoms with E-state index in [0.29, 0.717) is 5.88 Å². The summed E-state index contributed by atoms with van der Waals surface area (Å²) in [6, 6.07) is 6.44. The molecule has 21 heavy (non-hydrogen) atoms. The van der Waals surface area contributed by atoms with E-state index in [4.69, 9.17) is 11.6 Å². The first-order chi connectivity index (χ1) is 10.0. The fourth-order valence-corrected chi connectivity index (χ4v) is 4.03. The summed E-state index contributed by atoms with van der Waals surface area (Å²) in [5.41, 5.74) is 4.15. The largest absolute Gasteiger partial charge is 0.304 e. The molecular weight excluding hydrogens is 302 g/mol. The smallest absolute Gasteiger partial charge is 0.160 e. The number of aryl methyl sites for hydroxylation is 3. The van der Waals surface area contributed by atoms with Crippen LogP contribution in [0.3, 0.4) is 0 Å². The Balaban J connectivity index is 2.22. The Morgan fingerprint density at radius 3 is 2.62 bits per heavy atom. The lowest BCUT2D eigenvalue weighted by Crippen LogP contribution is -2.11. The van der Waals surface area contributed by atoms with Gasteiger partial charge in [0.05, 0.1) is 11.9 Å². The number of pyridine rings is 1. The molecule has 0 aliphatic heterocycles. The first kappa shape index (κ1) is 14.5. The third-order valence-corrected chi connectivity index (χ3v) is 5.01. The Bertz CT molecular complexity index is 803. The predicted molar refractivity (Wildman–Crippen MR) is 89.4 cm³/mol. The molecule has 0 amide bonds. The molecule has 1 atom stereocenters. The van der Waals surface area contributed by atoms with Gasteiger partial charge in [-0.2, -0.15) is 0 Å². The Morgan fingerprint density at radius 1 is 1.24 bits per heavy atom. The molecule has 0 fully saturated rings. The van der Waals surface area contributed by atoms with Crippen molar-refractivity contribution < 1.29 is 0 Å². The fourth-order valence-electron chi connectivity index (χ4n) is 2.82. The van der Waals surface area contributed by atoms with Crippen molar-refractivity contribution >= 4 is 34.1 Å². The Hall–Kier alpha value is -1.39. The average Bonchev–Trinajstić information content (AvgIpc) is 2.97. The van der Waals surface area contributed by atoms with Crippen molar-refractivity contribution in [1.29, 1.82) is 0 Å². The van der Waals surface area contributed by atoms with E-state index in [-0.39, 0.29) is 6.04 Å². The number of alkyl halides is 1. The fraction of sp³-hybridized carbons (Fsp3) is 0.375. The molecule has 1 unspecified atom stereocenters. The molecule has 3 aromatic rings. The van der Waals surface area contributed by atoms with Gasteiger partial charge in [-0.05, 0) is 51.5 Å². The van der Waals surface area contributed by atoms with Crippen molar-refractivity contribution in [2.75, 3.05) is 0 Å². The van der Waals surface area contributed by atoms with Crippen molar-refractivity contribution in [1.82, 2.24) is 14.5 Å². The summed E-state index contributed by atoms with van der Waals surface area (Å²) in [5, 5.41) is 0. The first-order valence-electron chi connectivity index (χ1n) is 6.98. The van der Waals surface area contributed by atoms with Crippen molar-refractivity contribution in [3.05, 3.63) is 45.0 Å². The van der Waals surface area contributed by atoms with Gasteiger partial charge in [0.15, 0.2) is 5.65 Å². The molecular formula is C16H18ClN3S. The number of hydrogen-bond donors (Lipinski definition) is 0. The zero-order valence-corrected chi connectivity index (χ0v) is 14.2. The second kappa shape index (κ2) is 5.43. The van der Waals surface area contributed by atoms with Gasteiger partial charge < -0.3 is 4.57 Å². The molecule has 3 aromatic heterocycles. The minimum atomic E-state index is 0.183. The van der Waals surface area contributed by atoms with Crippen molar-refractivity contribution in [3.63, 3.8) is 0 Å². The van der Waals surface area contributed by atoms with Crippen LogP contribution in [0.5, 0.6) is 0 Å². The summed E-state index contributed by atoms with van der Waals surface area (Å²) in [5.74, 6) is 1.27. The van der Waals surface area contributed by atoms with Gasteiger partial charge in [0.25, 0.3) is 0 Å². The quantitative estimate of drug-likeness (QED) is 0.651. The highest BCUT2D eigenvalue weighted by Crippen LogP contribution is 2.32. The number of fused-ring (bicyclic) bond motifs is 1. The third-order valence-electron chi connectivity index (χ3n) is 3.79. The van der Waals surface area contributed by atoms with Crippen LogP contribution in [0.25, 0.3) is 11.2 Å². The van der Waals surface area contributed by atoms with Gasteiger partial charge in [0.2, 0.25) is 0 Å². The molecule has 3 heterocycles. The van der Waals surface area contributed by atoms with E-state index in [0.717, 1.165) is 22.7 Å². The van der Waals surface area contributed by atoms with Gasteiger partial charge in [-0.3, -0.25) is 0 Å². The molecule has 3 nitrogen and oxygen atoms in total. The summed E-state index contributed by atoms with van der Waals surface area (Å²) in [6.45, 7) is 8.50. The second-order valence-corrected chi connectivity index (χ2v) is 7.10. The van der Waals surface area contributed by atoms with Gasteiger partial charge in [0.1, 0.15) is 11.3 Å². The highest BCUT2D eigenvalue weighted by atomic mass is 35.5. The summed E-state index contributed by atoms with van der Waals surface area (Å²) in [6.07, 6.45) is 0. The summed E-state index contributed by atoms with van der Waals surface area (Å²) in [7, 11) is 0. The van der Waals surface area contributed by atoms with E-state index in [1.54, 1.807) is 0 Å². The van der Waals surface area contributed by atoms with Crippen LogP contribution in [-0.4, -0.2) is 14.5 Å². The van der Waals surface area contributed by atoms with Crippen LogP contribution < -0.4 is 0 Å². The maximum absolute atomic E-state index is 6.11. The van der Waals surface area contributed by atoms with E-state index in [1.165, 1.54) is 15.3 Å². The number of hydrogen-bond acceptors (Lipinski definition) is 3. The molecule has 0 saturated heterocycles. The molecule has 0 aliphatic carbocycles. The molecule has 0 aliphatic rings. The highest BCUT2D eigenvalue weighted by molar-refractivity contribution is 7.12. The molecule has 0 radical (unpaired) electrons. The molecule has 0 spiro atoms. The lowest BCUT2D eigenvalue weighted by Gasteiger charge is -2.16. The van der Waals surface area contributed by atoms with Gasteiger partial charge in [-0.1, -0.05) is 0 Å². The van der Waals surface area contributed by atoms with Crippen LogP contribution in [0.2, 0.25) is 0 Å². The standard InChI is InChI=1S/C16H18ClN3S/c1-9-5-6-14-16(18-9)20(15(8-17)19-14)11(3)13-7-10(2)21-12(13)4/h5-7,11H,8H2,1-4H3. The number of imidazole rings is 1. The van der Waals surface area contributed by atoms with E-state index in [9.17, 15) is 0 Å². The van der Waals surface area contributed by atoms with Crippen LogP contribution in [0, 0.1) is 20.8 Å². The monoisotopic (exact) mass is 319 g/mol. The number of thiophene rings is 1. The SMILES string of the molecule is Cc1ccc2nc(CCl)n(C(C)c3cc(C)sc3C)c2n1. The van der Waals surface area contributed by atoms with E-state index in [1.807, 2.05) is 30.4 Å². The summed E-state index contributed by atoms with van der Waals surface area (Å²) < 4.78 is 2.17. The van der Waals surface area contributed by atoms with Crippen molar-refractivity contribution in [2.24, 2.45) is 0 Å². The zero-order valence-electron chi connectivity index (χ0n) is 12.6.